The van der Waals surface area contributed by atoms with Crippen molar-refractivity contribution in [1.82, 2.24) is 20.8 Å². The molecule has 0 bridgehead atoms. The van der Waals surface area contributed by atoms with Gasteiger partial charge < -0.3 is 10.6 Å². The van der Waals surface area contributed by atoms with Crippen LogP contribution >= 0.6 is 0 Å². The van der Waals surface area contributed by atoms with Crippen molar-refractivity contribution in [1.29, 1.82) is 0 Å². The molecule has 0 saturated heterocycles. The highest BCUT2D eigenvalue weighted by Crippen LogP contribution is 2.04. The monoisotopic (exact) mass is 236 g/mol. The maximum atomic E-state index is 11.9. The topological polar surface area (TPSA) is 66.9 Å². The molecule has 0 fully saturated rings. The summed E-state index contributed by atoms with van der Waals surface area (Å²) in [6.07, 6.45) is 0.927. The summed E-state index contributed by atoms with van der Waals surface area (Å²) in [7, 11) is 0. The summed E-state index contributed by atoms with van der Waals surface area (Å²) in [6, 6.07) is 1.77. The van der Waals surface area contributed by atoms with E-state index in [2.05, 4.69) is 27.8 Å². The quantitative estimate of drug-likeness (QED) is 0.718. The van der Waals surface area contributed by atoms with E-state index in [4.69, 9.17) is 0 Å². The van der Waals surface area contributed by atoms with Crippen molar-refractivity contribution >= 4 is 5.91 Å². The first kappa shape index (κ1) is 13.6. The Kier molecular flexibility index (Phi) is 5.56. The molecule has 1 heterocycles. The molecule has 1 amide bonds. The normalized spacial score (nSPS) is 10.3. The zero-order valence-electron chi connectivity index (χ0n) is 10.7. The van der Waals surface area contributed by atoms with Crippen LogP contribution in [-0.2, 0) is 0 Å². The maximum absolute atomic E-state index is 11.9. The van der Waals surface area contributed by atoms with Crippen LogP contribution in [0.15, 0.2) is 6.07 Å². The van der Waals surface area contributed by atoms with E-state index in [9.17, 15) is 4.79 Å². The Hall–Kier alpha value is -1.49. The average Bonchev–Trinajstić information content (AvgIpc) is 2.32. The molecule has 5 nitrogen and oxygen atoms in total. The van der Waals surface area contributed by atoms with E-state index in [-0.39, 0.29) is 5.91 Å². The Balaban J connectivity index is 2.44. The lowest BCUT2D eigenvalue weighted by Gasteiger charge is -2.07. The van der Waals surface area contributed by atoms with Gasteiger partial charge in [-0.1, -0.05) is 6.92 Å². The van der Waals surface area contributed by atoms with E-state index < -0.39 is 0 Å². The number of rotatable bonds is 6. The standard InChI is InChI=1S/C12H20N4O/c1-4-13-6-5-7-14-12(17)11-8-9(2)15-16-10(11)3/h8,13H,4-7H2,1-3H3,(H,14,17). The smallest absolute Gasteiger partial charge is 0.253 e. The van der Waals surface area contributed by atoms with Crippen LogP contribution in [0.4, 0.5) is 0 Å². The van der Waals surface area contributed by atoms with Gasteiger partial charge in [-0.3, -0.25) is 4.79 Å². The summed E-state index contributed by atoms with van der Waals surface area (Å²) in [5.74, 6) is -0.0722. The first-order valence-corrected chi connectivity index (χ1v) is 5.95. The van der Waals surface area contributed by atoms with Crippen LogP contribution in [0, 0.1) is 13.8 Å². The Labute approximate surface area is 102 Å². The Morgan fingerprint density at radius 1 is 1.29 bits per heavy atom. The van der Waals surface area contributed by atoms with Crippen molar-refractivity contribution < 1.29 is 4.79 Å². The van der Waals surface area contributed by atoms with Gasteiger partial charge >= 0.3 is 0 Å². The number of nitrogens with zero attached hydrogens (tertiary/aromatic N) is 2. The molecular weight excluding hydrogens is 216 g/mol. The van der Waals surface area contributed by atoms with Gasteiger partial charge in [-0.05, 0) is 39.4 Å². The highest BCUT2D eigenvalue weighted by Gasteiger charge is 2.09. The molecule has 0 atom stereocenters. The lowest BCUT2D eigenvalue weighted by atomic mass is 10.2. The average molecular weight is 236 g/mol. The van der Waals surface area contributed by atoms with E-state index in [0.29, 0.717) is 17.8 Å². The number of hydrogen-bond acceptors (Lipinski definition) is 4. The number of carbonyl (C=O) groups is 1. The lowest BCUT2D eigenvalue weighted by molar-refractivity contribution is 0.0952. The fourth-order valence-electron chi connectivity index (χ4n) is 1.47. The first-order valence-electron chi connectivity index (χ1n) is 5.95. The molecule has 5 heteroatoms. The van der Waals surface area contributed by atoms with Gasteiger partial charge in [-0.2, -0.15) is 10.2 Å². The van der Waals surface area contributed by atoms with E-state index in [0.717, 1.165) is 25.2 Å². The van der Waals surface area contributed by atoms with Gasteiger partial charge in [0.1, 0.15) is 0 Å². The van der Waals surface area contributed by atoms with Gasteiger partial charge in [-0.25, -0.2) is 0 Å². The molecule has 0 aliphatic heterocycles. The minimum Gasteiger partial charge on any atom is -0.352 e. The SMILES string of the molecule is CCNCCCNC(=O)c1cc(C)nnc1C. The minimum atomic E-state index is -0.0722. The van der Waals surface area contributed by atoms with Crippen molar-refractivity contribution in [3.8, 4) is 0 Å². The Morgan fingerprint density at radius 2 is 2.06 bits per heavy atom. The van der Waals surface area contributed by atoms with Gasteiger partial charge in [0, 0.05) is 6.54 Å². The number of aryl methyl sites for hydroxylation is 2. The predicted octanol–water partition coefficient (Wildman–Crippen LogP) is 0.823. The number of aromatic nitrogens is 2. The number of hydrogen-bond donors (Lipinski definition) is 2. The molecule has 1 rings (SSSR count). The van der Waals surface area contributed by atoms with Gasteiger partial charge in [0.15, 0.2) is 0 Å². The van der Waals surface area contributed by atoms with Crippen LogP contribution < -0.4 is 10.6 Å². The molecular formula is C12H20N4O. The first-order chi connectivity index (χ1) is 8.15. The third-order valence-corrected chi connectivity index (χ3v) is 2.41. The molecule has 0 aromatic carbocycles. The fourth-order valence-corrected chi connectivity index (χ4v) is 1.47. The molecule has 94 valence electrons. The molecule has 1 aromatic heterocycles. The largest absolute Gasteiger partial charge is 0.352 e. The van der Waals surface area contributed by atoms with Gasteiger partial charge in [-0.15, -0.1) is 0 Å². The molecule has 0 radical (unpaired) electrons. The van der Waals surface area contributed by atoms with Crippen LogP contribution in [0.1, 0.15) is 35.1 Å². The van der Waals surface area contributed by atoms with E-state index in [1.54, 1.807) is 13.0 Å². The van der Waals surface area contributed by atoms with Gasteiger partial charge in [0.05, 0.1) is 17.0 Å². The summed E-state index contributed by atoms with van der Waals surface area (Å²) >= 11 is 0. The van der Waals surface area contributed by atoms with Crippen molar-refractivity contribution in [2.45, 2.75) is 27.2 Å². The fraction of sp³-hybridized carbons (Fsp3) is 0.583. The number of nitrogens with one attached hydrogen (secondary N) is 2. The molecule has 0 unspecified atom stereocenters. The second-order valence-electron chi connectivity index (χ2n) is 3.95. The highest BCUT2D eigenvalue weighted by molar-refractivity contribution is 5.95. The molecule has 17 heavy (non-hydrogen) atoms. The van der Waals surface area contributed by atoms with Crippen LogP contribution in [-0.4, -0.2) is 35.7 Å². The molecule has 2 N–H and O–H groups in total. The van der Waals surface area contributed by atoms with Gasteiger partial charge in [0.2, 0.25) is 0 Å². The lowest BCUT2D eigenvalue weighted by Crippen LogP contribution is -2.28. The zero-order chi connectivity index (χ0) is 12.7. The summed E-state index contributed by atoms with van der Waals surface area (Å²) in [5, 5.41) is 13.9. The maximum Gasteiger partial charge on any atom is 0.253 e. The molecule has 0 saturated carbocycles. The van der Waals surface area contributed by atoms with Crippen LogP contribution in [0.3, 0.4) is 0 Å². The number of carbonyl (C=O) groups excluding carboxylic acids is 1. The van der Waals surface area contributed by atoms with Crippen LogP contribution in [0.5, 0.6) is 0 Å². The third-order valence-electron chi connectivity index (χ3n) is 2.41. The molecule has 0 aliphatic carbocycles. The van der Waals surface area contributed by atoms with E-state index in [1.807, 2.05) is 6.92 Å². The Morgan fingerprint density at radius 3 is 2.76 bits per heavy atom. The van der Waals surface area contributed by atoms with E-state index in [1.165, 1.54) is 0 Å². The number of amides is 1. The summed E-state index contributed by atoms with van der Waals surface area (Å²) in [6.45, 7) is 8.23. The predicted molar refractivity (Wildman–Crippen MR) is 67.0 cm³/mol. The highest BCUT2D eigenvalue weighted by atomic mass is 16.1. The third kappa shape index (κ3) is 4.48. The Bertz CT molecular complexity index is 379. The summed E-state index contributed by atoms with van der Waals surface area (Å²) in [4.78, 5) is 11.9. The summed E-state index contributed by atoms with van der Waals surface area (Å²) < 4.78 is 0. The van der Waals surface area contributed by atoms with Crippen molar-refractivity contribution in [3.05, 3.63) is 23.0 Å². The molecule has 0 spiro atoms. The van der Waals surface area contributed by atoms with Crippen molar-refractivity contribution in [2.24, 2.45) is 0 Å². The van der Waals surface area contributed by atoms with Crippen molar-refractivity contribution in [2.75, 3.05) is 19.6 Å². The minimum absolute atomic E-state index is 0.0722. The van der Waals surface area contributed by atoms with Crippen LogP contribution in [0.2, 0.25) is 0 Å². The van der Waals surface area contributed by atoms with E-state index >= 15 is 0 Å². The molecule has 1 aromatic rings. The van der Waals surface area contributed by atoms with Gasteiger partial charge in [0.25, 0.3) is 5.91 Å². The second kappa shape index (κ2) is 6.96. The van der Waals surface area contributed by atoms with Crippen molar-refractivity contribution in [3.63, 3.8) is 0 Å². The molecule has 0 aliphatic rings. The zero-order valence-corrected chi connectivity index (χ0v) is 10.7. The van der Waals surface area contributed by atoms with Crippen LogP contribution in [0.25, 0.3) is 0 Å². The summed E-state index contributed by atoms with van der Waals surface area (Å²) in [5.41, 5.74) is 2.04. The second-order valence-corrected chi connectivity index (χ2v) is 3.95.